The molecule has 0 amide bonds. The maximum atomic E-state index is 3.46. The van der Waals surface area contributed by atoms with Gasteiger partial charge in [-0.25, -0.2) is 0 Å². The Kier molecular flexibility index (Phi) is 13.8. The summed E-state index contributed by atoms with van der Waals surface area (Å²) in [5.74, 6) is 0. The van der Waals surface area contributed by atoms with E-state index in [0.717, 1.165) is 39.3 Å². The quantitative estimate of drug-likeness (QED) is 0.413. The summed E-state index contributed by atoms with van der Waals surface area (Å²) in [5.41, 5.74) is 0. The molecule has 0 aromatic carbocycles. The fourth-order valence-corrected chi connectivity index (χ4v) is 1.67. The van der Waals surface area contributed by atoms with E-state index in [9.17, 15) is 0 Å². The van der Waals surface area contributed by atoms with Crippen molar-refractivity contribution in [3.63, 3.8) is 0 Å². The number of hydrogen-bond donors (Lipinski definition) is 3. The van der Waals surface area contributed by atoms with Gasteiger partial charge in [-0.05, 0) is 66.1 Å². The zero-order chi connectivity index (χ0) is 12.8. The van der Waals surface area contributed by atoms with Gasteiger partial charge in [0.15, 0.2) is 0 Å². The summed E-state index contributed by atoms with van der Waals surface area (Å²) < 4.78 is 0. The molecule has 0 radical (unpaired) electrons. The molecule has 0 heterocycles. The van der Waals surface area contributed by atoms with E-state index in [0.29, 0.717) is 0 Å². The van der Waals surface area contributed by atoms with E-state index in [2.05, 4.69) is 34.8 Å². The first-order valence-electron chi connectivity index (χ1n) is 7.05. The molecule has 0 aromatic heterocycles. The van der Waals surface area contributed by atoms with Gasteiger partial charge in [-0.1, -0.05) is 6.92 Å². The summed E-state index contributed by atoms with van der Waals surface area (Å²) in [6, 6.07) is 0. The van der Waals surface area contributed by atoms with Crippen LogP contribution < -0.4 is 16.0 Å². The minimum atomic E-state index is 1.10. The van der Waals surface area contributed by atoms with Gasteiger partial charge in [0.1, 0.15) is 0 Å². The van der Waals surface area contributed by atoms with Crippen LogP contribution >= 0.6 is 0 Å². The van der Waals surface area contributed by atoms with Crippen LogP contribution in [0.3, 0.4) is 0 Å². The van der Waals surface area contributed by atoms with Crippen molar-refractivity contribution in [1.29, 1.82) is 0 Å². The van der Waals surface area contributed by atoms with Crippen molar-refractivity contribution in [1.82, 2.24) is 20.9 Å². The predicted octanol–water partition coefficient (Wildman–Crippen LogP) is 0.507. The molecular formula is C13H32N4. The summed E-state index contributed by atoms with van der Waals surface area (Å²) in [7, 11) is 4.20. The summed E-state index contributed by atoms with van der Waals surface area (Å²) >= 11 is 0. The minimum absolute atomic E-state index is 1.10. The Hall–Kier alpha value is -0.160. The number of rotatable bonds is 13. The van der Waals surface area contributed by atoms with Crippen molar-refractivity contribution in [2.24, 2.45) is 0 Å². The van der Waals surface area contributed by atoms with Crippen LogP contribution in [-0.2, 0) is 0 Å². The molecule has 0 aromatic rings. The Morgan fingerprint density at radius 1 is 0.824 bits per heavy atom. The highest BCUT2D eigenvalue weighted by Gasteiger charge is 1.97. The number of nitrogens with zero attached hydrogens (tertiary/aromatic N) is 1. The van der Waals surface area contributed by atoms with E-state index in [1.807, 2.05) is 7.05 Å². The van der Waals surface area contributed by atoms with Crippen LogP contribution in [0.1, 0.15) is 26.2 Å². The minimum Gasteiger partial charge on any atom is -0.320 e. The van der Waals surface area contributed by atoms with Crippen molar-refractivity contribution < 1.29 is 0 Å². The van der Waals surface area contributed by atoms with Crippen molar-refractivity contribution in [2.75, 3.05) is 59.9 Å². The highest BCUT2D eigenvalue weighted by molar-refractivity contribution is 4.57. The molecule has 17 heavy (non-hydrogen) atoms. The van der Waals surface area contributed by atoms with Crippen molar-refractivity contribution in [3.8, 4) is 0 Å². The molecule has 0 rings (SSSR count). The second-order valence-electron chi connectivity index (χ2n) is 4.61. The Bertz CT molecular complexity index is 141. The molecule has 0 spiro atoms. The highest BCUT2D eigenvalue weighted by atomic mass is 15.1. The first-order chi connectivity index (χ1) is 8.31. The van der Waals surface area contributed by atoms with Gasteiger partial charge >= 0.3 is 0 Å². The summed E-state index contributed by atoms with van der Waals surface area (Å²) in [4.78, 5) is 2.40. The normalized spacial score (nSPS) is 11.3. The third-order valence-electron chi connectivity index (χ3n) is 2.77. The lowest BCUT2D eigenvalue weighted by Crippen LogP contribution is -2.32. The second kappa shape index (κ2) is 13.9. The van der Waals surface area contributed by atoms with Gasteiger partial charge in [0, 0.05) is 13.1 Å². The molecule has 0 aliphatic carbocycles. The average molecular weight is 244 g/mol. The average Bonchev–Trinajstić information content (AvgIpc) is 2.33. The lowest BCUT2D eigenvalue weighted by Gasteiger charge is -2.17. The molecular weight excluding hydrogens is 212 g/mol. The molecule has 104 valence electrons. The van der Waals surface area contributed by atoms with E-state index in [4.69, 9.17) is 0 Å². The highest BCUT2D eigenvalue weighted by Crippen LogP contribution is 1.85. The van der Waals surface area contributed by atoms with Crippen LogP contribution in [0, 0.1) is 0 Å². The fourth-order valence-electron chi connectivity index (χ4n) is 1.67. The molecule has 3 N–H and O–H groups in total. The Labute approximate surface area is 108 Å². The number of likely N-dealkylation sites (N-methyl/N-ethyl adjacent to an activating group) is 1. The predicted molar refractivity (Wildman–Crippen MR) is 76.7 cm³/mol. The second-order valence-corrected chi connectivity index (χ2v) is 4.61. The molecule has 0 saturated carbocycles. The van der Waals surface area contributed by atoms with Gasteiger partial charge in [-0.3, -0.25) is 0 Å². The summed E-state index contributed by atoms with van der Waals surface area (Å²) in [5, 5.41) is 10.1. The van der Waals surface area contributed by atoms with E-state index in [-0.39, 0.29) is 0 Å². The lowest BCUT2D eigenvalue weighted by atomic mass is 10.3. The standard InChI is InChI=1S/C13H32N4/c1-4-7-15-10-6-12-17(3)13-11-16-9-5-8-14-2/h14-16H,4-13H2,1-3H3. The SMILES string of the molecule is CCCNCCCN(C)CCNCCCNC. The van der Waals surface area contributed by atoms with E-state index < -0.39 is 0 Å². The molecule has 0 aliphatic heterocycles. The number of nitrogens with one attached hydrogen (secondary N) is 3. The first kappa shape index (κ1) is 16.8. The molecule has 0 fully saturated rings. The van der Waals surface area contributed by atoms with E-state index >= 15 is 0 Å². The topological polar surface area (TPSA) is 39.3 Å². The lowest BCUT2D eigenvalue weighted by molar-refractivity contribution is 0.324. The van der Waals surface area contributed by atoms with E-state index in [1.165, 1.54) is 25.8 Å². The summed E-state index contributed by atoms with van der Waals surface area (Å²) in [6.45, 7) is 10.2. The van der Waals surface area contributed by atoms with Gasteiger partial charge in [-0.2, -0.15) is 0 Å². The molecule has 0 saturated heterocycles. The van der Waals surface area contributed by atoms with Crippen LogP contribution in [-0.4, -0.2) is 64.8 Å². The Balaban J connectivity index is 3.09. The molecule has 0 unspecified atom stereocenters. The van der Waals surface area contributed by atoms with Crippen LogP contribution in [0.5, 0.6) is 0 Å². The van der Waals surface area contributed by atoms with Gasteiger partial charge < -0.3 is 20.9 Å². The number of hydrogen-bond acceptors (Lipinski definition) is 4. The molecule has 0 bridgehead atoms. The first-order valence-corrected chi connectivity index (χ1v) is 7.05. The third-order valence-corrected chi connectivity index (χ3v) is 2.77. The van der Waals surface area contributed by atoms with Gasteiger partial charge in [0.2, 0.25) is 0 Å². The Morgan fingerprint density at radius 3 is 2.24 bits per heavy atom. The van der Waals surface area contributed by atoms with Crippen molar-refractivity contribution in [2.45, 2.75) is 26.2 Å². The van der Waals surface area contributed by atoms with Gasteiger partial charge in [0.05, 0.1) is 0 Å². The summed E-state index contributed by atoms with van der Waals surface area (Å²) in [6.07, 6.45) is 3.68. The third kappa shape index (κ3) is 13.8. The largest absolute Gasteiger partial charge is 0.320 e. The smallest absolute Gasteiger partial charge is 0.0104 e. The molecule has 0 atom stereocenters. The van der Waals surface area contributed by atoms with Crippen LogP contribution in [0.15, 0.2) is 0 Å². The maximum absolute atomic E-state index is 3.46. The van der Waals surface area contributed by atoms with Crippen LogP contribution in [0.4, 0.5) is 0 Å². The zero-order valence-corrected chi connectivity index (χ0v) is 12.0. The van der Waals surface area contributed by atoms with Crippen LogP contribution in [0.2, 0.25) is 0 Å². The van der Waals surface area contributed by atoms with Crippen LogP contribution in [0.25, 0.3) is 0 Å². The van der Waals surface area contributed by atoms with Gasteiger partial charge in [-0.15, -0.1) is 0 Å². The fraction of sp³-hybridized carbons (Fsp3) is 1.00. The Morgan fingerprint density at radius 2 is 1.53 bits per heavy atom. The van der Waals surface area contributed by atoms with Crippen molar-refractivity contribution in [3.05, 3.63) is 0 Å². The van der Waals surface area contributed by atoms with Gasteiger partial charge in [0.25, 0.3) is 0 Å². The monoisotopic (exact) mass is 244 g/mol. The maximum Gasteiger partial charge on any atom is 0.0104 e. The van der Waals surface area contributed by atoms with Crippen molar-refractivity contribution >= 4 is 0 Å². The molecule has 4 nitrogen and oxygen atoms in total. The molecule has 0 aliphatic rings. The van der Waals surface area contributed by atoms with E-state index in [1.54, 1.807) is 0 Å². The zero-order valence-electron chi connectivity index (χ0n) is 12.0. The molecule has 4 heteroatoms.